The van der Waals surface area contributed by atoms with Crippen molar-refractivity contribution in [3.05, 3.63) is 47.0 Å². The van der Waals surface area contributed by atoms with Crippen LogP contribution in [0.2, 0.25) is 0 Å². The van der Waals surface area contributed by atoms with Crippen molar-refractivity contribution in [1.82, 2.24) is 4.90 Å². The van der Waals surface area contributed by atoms with Crippen LogP contribution in [0.5, 0.6) is 0 Å². The molecule has 4 heteroatoms. The maximum atomic E-state index is 11.1. The summed E-state index contributed by atoms with van der Waals surface area (Å²) in [4.78, 5) is 12.4. The molecule has 0 bridgehead atoms. The van der Waals surface area contributed by atoms with Crippen molar-refractivity contribution in [3.8, 4) is 0 Å². The molecule has 4 rings (SSSR count). The summed E-state index contributed by atoms with van der Waals surface area (Å²) in [6.07, 6.45) is 1.28. The Labute approximate surface area is 129 Å². The molecule has 22 heavy (non-hydrogen) atoms. The Morgan fingerprint density at radius 2 is 1.91 bits per heavy atom. The number of aryl methyl sites for hydroxylation is 2. The summed E-state index contributed by atoms with van der Waals surface area (Å²) in [6, 6.07) is 10.7. The maximum Gasteiger partial charge on any atom is 0.407 e. The fourth-order valence-corrected chi connectivity index (χ4v) is 4.06. The van der Waals surface area contributed by atoms with E-state index in [0.717, 1.165) is 12.8 Å². The molecule has 0 aromatic heterocycles. The lowest BCUT2D eigenvalue weighted by molar-refractivity contribution is 0.0507. The molecule has 1 heterocycles. The van der Waals surface area contributed by atoms with Crippen LogP contribution >= 0.6 is 0 Å². The molecule has 2 atom stereocenters. The normalized spacial score (nSPS) is 24.0. The Balaban J connectivity index is 1.75. The van der Waals surface area contributed by atoms with Gasteiger partial charge in [-0.05, 0) is 46.7 Å². The molecule has 2 aromatic carbocycles. The van der Waals surface area contributed by atoms with E-state index in [4.69, 9.17) is 5.11 Å². The molecule has 4 nitrogen and oxygen atoms in total. The molecule has 1 amide bonds. The predicted molar refractivity (Wildman–Crippen MR) is 84.3 cm³/mol. The molecule has 1 aliphatic heterocycles. The number of carboxylic acid groups (broad SMARTS) is 1. The van der Waals surface area contributed by atoms with E-state index in [9.17, 15) is 9.90 Å². The average Bonchev–Trinajstić information content (AvgIpc) is 2.93. The molecule has 114 valence electrons. The minimum absolute atomic E-state index is 0.0144. The van der Waals surface area contributed by atoms with E-state index < -0.39 is 12.2 Å². The van der Waals surface area contributed by atoms with Crippen LogP contribution in [0.25, 0.3) is 10.8 Å². The topological polar surface area (TPSA) is 60.8 Å². The number of nitrogens with zero attached hydrogens (tertiary/aromatic N) is 1. The van der Waals surface area contributed by atoms with Crippen molar-refractivity contribution in [1.29, 1.82) is 0 Å². The number of hydrogen-bond acceptors (Lipinski definition) is 2. The number of rotatable bonds is 1. The molecular weight excluding hydrogens is 278 g/mol. The first kappa shape index (κ1) is 13.6. The van der Waals surface area contributed by atoms with Gasteiger partial charge in [0.2, 0.25) is 0 Å². The van der Waals surface area contributed by atoms with Gasteiger partial charge in [-0.2, -0.15) is 0 Å². The highest BCUT2D eigenvalue weighted by molar-refractivity contribution is 5.93. The summed E-state index contributed by atoms with van der Waals surface area (Å²) >= 11 is 0. The van der Waals surface area contributed by atoms with E-state index in [1.807, 2.05) is 0 Å². The zero-order valence-electron chi connectivity index (χ0n) is 12.3. The second-order valence-corrected chi connectivity index (χ2v) is 6.34. The SMILES string of the molecule is O=C(O)N1CCC(c2ccc3c4c(cccc24)CC3)C(O)C1. The van der Waals surface area contributed by atoms with Crippen LogP contribution in [0.1, 0.15) is 29.0 Å². The lowest BCUT2D eigenvalue weighted by Crippen LogP contribution is -2.45. The van der Waals surface area contributed by atoms with Crippen molar-refractivity contribution in [2.24, 2.45) is 0 Å². The smallest absolute Gasteiger partial charge is 0.407 e. The van der Waals surface area contributed by atoms with E-state index in [0.29, 0.717) is 13.0 Å². The summed E-state index contributed by atoms with van der Waals surface area (Å²) in [5, 5.41) is 22.1. The molecule has 0 spiro atoms. The third-order valence-corrected chi connectivity index (χ3v) is 5.16. The highest BCUT2D eigenvalue weighted by Gasteiger charge is 2.32. The summed E-state index contributed by atoms with van der Waals surface area (Å²) < 4.78 is 0. The first-order valence-corrected chi connectivity index (χ1v) is 7.84. The van der Waals surface area contributed by atoms with Crippen LogP contribution in [-0.4, -0.2) is 40.4 Å². The monoisotopic (exact) mass is 297 g/mol. The van der Waals surface area contributed by atoms with Crippen molar-refractivity contribution < 1.29 is 15.0 Å². The number of aliphatic hydroxyl groups excluding tert-OH is 1. The molecule has 0 saturated carbocycles. The quantitative estimate of drug-likeness (QED) is 0.851. The van der Waals surface area contributed by atoms with Crippen molar-refractivity contribution >= 4 is 16.9 Å². The van der Waals surface area contributed by atoms with Crippen LogP contribution in [0, 0.1) is 0 Å². The average molecular weight is 297 g/mol. The van der Waals surface area contributed by atoms with Gasteiger partial charge in [0.05, 0.1) is 12.6 Å². The molecule has 1 aliphatic carbocycles. The summed E-state index contributed by atoms with van der Waals surface area (Å²) in [6.45, 7) is 0.683. The summed E-state index contributed by atoms with van der Waals surface area (Å²) in [7, 11) is 0. The largest absolute Gasteiger partial charge is 0.465 e. The number of benzene rings is 2. The van der Waals surface area contributed by atoms with Gasteiger partial charge in [0.15, 0.2) is 0 Å². The van der Waals surface area contributed by atoms with Crippen LogP contribution in [0.3, 0.4) is 0 Å². The molecular formula is C18H19NO3. The van der Waals surface area contributed by atoms with Gasteiger partial charge in [-0.25, -0.2) is 4.79 Å². The standard InChI is InChI=1S/C18H19NO3/c20-16-10-19(18(21)22)9-8-14(16)13-7-6-12-5-4-11-2-1-3-15(13)17(11)12/h1-3,6-7,14,16,20H,4-5,8-10H2,(H,21,22). The van der Waals surface area contributed by atoms with Gasteiger partial charge in [-0.15, -0.1) is 0 Å². The fraction of sp³-hybridized carbons (Fsp3) is 0.389. The fourth-order valence-electron chi connectivity index (χ4n) is 4.06. The first-order valence-electron chi connectivity index (χ1n) is 7.84. The highest BCUT2D eigenvalue weighted by Crippen LogP contribution is 2.38. The van der Waals surface area contributed by atoms with Crippen molar-refractivity contribution in [2.45, 2.75) is 31.3 Å². The lowest BCUT2D eigenvalue weighted by atomic mass is 9.83. The van der Waals surface area contributed by atoms with Gasteiger partial charge in [-0.3, -0.25) is 0 Å². The second kappa shape index (κ2) is 4.99. The van der Waals surface area contributed by atoms with E-state index in [1.54, 1.807) is 0 Å². The molecule has 2 aliphatic rings. The number of aliphatic hydroxyl groups is 1. The molecule has 1 fully saturated rings. The molecule has 0 radical (unpaired) electrons. The molecule has 2 N–H and O–H groups in total. The van der Waals surface area contributed by atoms with Crippen LogP contribution in [-0.2, 0) is 12.8 Å². The van der Waals surface area contributed by atoms with Gasteiger partial charge < -0.3 is 15.1 Å². The van der Waals surface area contributed by atoms with Gasteiger partial charge in [0.1, 0.15) is 0 Å². The van der Waals surface area contributed by atoms with Crippen LogP contribution in [0.4, 0.5) is 4.79 Å². The molecule has 1 saturated heterocycles. The third-order valence-electron chi connectivity index (χ3n) is 5.16. The van der Waals surface area contributed by atoms with Crippen molar-refractivity contribution in [3.63, 3.8) is 0 Å². The Morgan fingerprint density at radius 3 is 2.64 bits per heavy atom. The van der Waals surface area contributed by atoms with Crippen LogP contribution in [0.15, 0.2) is 30.3 Å². The number of piperidine rings is 1. The lowest BCUT2D eigenvalue weighted by Gasteiger charge is -2.35. The second-order valence-electron chi connectivity index (χ2n) is 6.34. The van der Waals surface area contributed by atoms with E-state index in [1.165, 1.54) is 32.4 Å². The Bertz CT molecular complexity index is 745. The minimum atomic E-state index is -0.946. The summed E-state index contributed by atoms with van der Waals surface area (Å²) in [5.74, 6) is 0.0144. The third kappa shape index (κ3) is 1.98. The van der Waals surface area contributed by atoms with E-state index in [2.05, 4.69) is 30.3 Å². The zero-order chi connectivity index (χ0) is 15.3. The van der Waals surface area contributed by atoms with E-state index >= 15 is 0 Å². The number of amides is 1. The Hall–Kier alpha value is -2.07. The minimum Gasteiger partial charge on any atom is -0.465 e. The van der Waals surface area contributed by atoms with Crippen LogP contribution < -0.4 is 0 Å². The highest BCUT2D eigenvalue weighted by atomic mass is 16.4. The Kier molecular flexibility index (Phi) is 3.08. The first-order chi connectivity index (χ1) is 10.6. The van der Waals surface area contributed by atoms with Gasteiger partial charge >= 0.3 is 6.09 Å². The van der Waals surface area contributed by atoms with Crippen molar-refractivity contribution in [2.75, 3.05) is 13.1 Å². The number of hydrogen-bond donors (Lipinski definition) is 2. The number of likely N-dealkylation sites (tertiary alicyclic amines) is 1. The Morgan fingerprint density at radius 1 is 1.14 bits per heavy atom. The number of carbonyl (C=O) groups is 1. The molecule has 2 unspecified atom stereocenters. The van der Waals surface area contributed by atoms with E-state index in [-0.39, 0.29) is 12.5 Å². The zero-order valence-corrected chi connectivity index (χ0v) is 12.3. The van der Waals surface area contributed by atoms with Gasteiger partial charge in [0, 0.05) is 12.5 Å². The molecule has 2 aromatic rings. The maximum absolute atomic E-state index is 11.1. The van der Waals surface area contributed by atoms with Gasteiger partial charge in [-0.1, -0.05) is 30.3 Å². The summed E-state index contributed by atoms with van der Waals surface area (Å²) in [5.41, 5.74) is 3.96. The van der Waals surface area contributed by atoms with Gasteiger partial charge in [0.25, 0.3) is 0 Å². The predicted octanol–water partition coefficient (Wildman–Crippen LogP) is 2.77. The number of β-amino-alcohol motifs (C(OH)–C–C–N with tert-alkyl or cyclic N) is 1.